The highest BCUT2D eigenvalue weighted by molar-refractivity contribution is 4.70. The van der Waals surface area contributed by atoms with Crippen LogP contribution in [0, 0.1) is 5.92 Å². The largest absolute Gasteiger partial charge is 0.330 e. The molecular formula is C12H26N2. The predicted molar refractivity (Wildman–Crippen MR) is 62.3 cm³/mol. The van der Waals surface area contributed by atoms with Gasteiger partial charge in [0.25, 0.3) is 0 Å². The minimum Gasteiger partial charge on any atom is -0.330 e. The van der Waals surface area contributed by atoms with Crippen molar-refractivity contribution in [3.63, 3.8) is 0 Å². The Morgan fingerprint density at radius 3 is 2.57 bits per heavy atom. The van der Waals surface area contributed by atoms with Gasteiger partial charge in [-0.3, -0.25) is 0 Å². The van der Waals surface area contributed by atoms with Crippen molar-refractivity contribution in [2.75, 3.05) is 20.1 Å². The third-order valence-corrected chi connectivity index (χ3v) is 3.70. The molecule has 0 radical (unpaired) electrons. The van der Waals surface area contributed by atoms with E-state index in [9.17, 15) is 0 Å². The van der Waals surface area contributed by atoms with E-state index in [0.717, 1.165) is 18.9 Å². The van der Waals surface area contributed by atoms with Crippen molar-refractivity contribution in [1.82, 2.24) is 4.90 Å². The van der Waals surface area contributed by atoms with Gasteiger partial charge in [-0.05, 0) is 45.8 Å². The molecule has 0 amide bonds. The monoisotopic (exact) mass is 198 g/mol. The zero-order chi connectivity index (χ0) is 10.4. The molecule has 2 N–H and O–H groups in total. The molecule has 0 heterocycles. The van der Waals surface area contributed by atoms with Crippen molar-refractivity contribution in [3.05, 3.63) is 0 Å². The molecule has 0 spiro atoms. The zero-order valence-electron chi connectivity index (χ0n) is 9.84. The lowest BCUT2D eigenvalue weighted by Crippen LogP contribution is -2.32. The van der Waals surface area contributed by atoms with Crippen molar-refractivity contribution in [2.45, 2.75) is 51.5 Å². The van der Waals surface area contributed by atoms with Gasteiger partial charge in [0.2, 0.25) is 0 Å². The van der Waals surface area contributed by atoms with E-state index in [4.69, 9.17) is 5.73 Å². The van der Waals surface area contributed by atoms with Crippen molar-refractivity contribution >= 4 is 0 Å². The Balaban J connectivity index is 2.09. The summed E-state index contributed by atoms with van der Waals surface area (Å²) < 4.78 is 0. The van der Waals surface area contributed by atoms with Crippen LogP contribution < -0.4 is 5.73 Å². The molecule has 14 heavy (non-hydrogen) atoms. The Morgan fingerprint density at radius 2 is 2.00 bits per heavy atom. The van der Waals surface area contributed by atoms with Gasteiger partial charge in [-0.1, -0.05) is 25.7 Å². The summed E-state index contributed by atoms with van der Waals surface area (Å²) in [5.41, 5.74) is 5.56. The van der Waals surface area contributed by atoms with Crippen molar-refractivity contribution in [3.8, 4) is 0 Å². The summed E-state index contributed by atoms with van der Waals surface area (Å²) in [5, 5.41) is 0. The first-order valence-corrected chi connectivity index (χ1v) is 6.14. The van der Waals surface area contributed by atoms with Gasteiger partial charge in [-0.15, -0.1) is 0 Å². The van der Waals surface area contributed by atoms with Crippen molar-refractivity contribution in [1.29, 1.82) is 0 Å². The van der Waals surface area contributed by atoms with E-state index >= 15 is 0 Å². The van der Waals surface area contributed by atoms with Crippen LogP contribution in [0.2, 0.25) is 0 Å². The summed E-state index contributed by atoms with van der Waals surface area (Å²) in [6, 6.07) is 0.654. The average molecular weight is 198 g/mol. The fourth-order valence-electron chi connectivity index (χ4n) is 2.37. The number of nitrogens with zero attached hydrogens (tertiary/aromatic N) is 1. The molecule has 1 aliphatic carbocycles. The van der Waals surface area contributed by atoms with Gasteiger partial charge < -0.3 is 10.6 Å². The van der Waals surface area contributed by atoms with Gasteiger partial charge >= 0.3 is 0 Å². The molecule has 1 atom stereocenters. The number of rotatable bonds is 6. The van der Waals surface area contributed by atoms with Gasteiger partial charge in [-0.25, -0.2) is 0 Å². The molecule has 1 fully saturated rings. The van der Waals surface area contributed by atoms with Gasteiger partial charge in [0, 0.05) is 6.04 Å². The average Bonchev–Trinajstić information content (AvgIpc) is 2.67. The summed E-state index contributed by atoms with van der Waals surface area (Å²) >= 11 is 0. The smallest absolute Gasteiger partial charge is 0.00758 e. The van der Waals surface area contributed by atoms with Gasteiger partial charge in [0.1, 0.15) is 0 Å². The first-order valence-electron chi connectivity index (χ1n) is 6.14. The second-order valence-corrected chi connectivity index (χ2v) is 4.85. The molecule has 2 nitrogen and oxygen atoms in total. The van der Waals surface area contributed by atoms with Crippen LogP contribution >= 0.6 is 0 Å². The molecule has 84 valence electrons. The fourth-order valence-corrected chi connectivity index (χ4v) is 2.37. The molecule has 0 bridgehead atoms. The number of hydrogen-bond acceptors (Lipinski definition) is 2. The number of nitrogens with two attached hydrogens (primary N) is 1. The zero-order valence-corrected chi connectivity index (χ0v) is 9.84. The molecule has 0 aromatic rings. The Morgan fingerprint density at radius 1 is 1.36 bits per heavy atom. The van der Waals surface area contributed by atoms with Crippen LogP contribution in [0.4, 0.5) is 0 Å². The molecule has 0 aliphatic heterocycles. The van der Waals surface area contributed by atoms with Crippen LogP contribution in [0.15, 0.2) is 0 Å². The highest BCUT2D eigenvalue weighted by atomic mass is 15.1. The summed E-state index contributed by atoms with van der Waals surface area (Å²) in [5.74, 6) is 1.02. The van der Waals surface area contributed by atoms with E-state index < -0.39 is 0 Å². The minimum atomic E-state index is 0.654. The first-order chi connectivity index (χ1) is 6.74. The maximum atomic E-state index is 5.56. The van der Waals surface area contributed by atoms with Gasteiger partial charge in [0.05, 0.1) is 0 Å². The SMILES string of the molecule is CC(CCN)N(C)CCC1CCCC1. The molecule has 0 aromatic carbocycles. The Hall–Kier alpha value is -0.0800. The standard InChI is InChI=1S/C12H26N2/c1-11(7-9-13)14(2)10-8-12-5-3-4-6-12/h11-12H,3-10,13H2,1-2H3. The molecule has 1 aliphatic rings. The Bertz CT molecular complexity index is 141. The quantitative estimate of drug-likeness (QED) is 0.709. The van der Waals surface area contributed by atoms with E-state index in [1.807, 2.05) is 0 Å². The van der Waals surface area contributed by atoms with E-state index in [0.29, 0.717) is 6.04 Å². The Kier molecular flexibility index (Phi) is 5.49. The highest BCUT2D eigenvalue weighted by Gasteiger charge is 2.16. The first kappa shape index (κ1) is 12.0. The minimum absolute atomic E-state index is 0.654. The van der Waals surface area contributed by atoms with Crippen LogP contribution in [-0.2, 0) is 0 Å². The lowest BCUT2D eigenvalue weighted by molar-refractivity contribution is 0.230. The normalized spacial score (nSPS) is 20.6. The predicted octanol–water partition coefficient (Wildman–Crippen LogP) is 2.24. The molecule has 0 aromatic heterocycles. The molecule has 1 saturated carbocycles. The third-order valence-electron chi connectivity index (χ3n) is 3.70. The third kappa shape index (κ3) is 3.97. The maximum Gasteiger partial charge on any atom is 0.00758 e. The van der Waals surface area contributed by atoms with Crippen LogP contribution in [0.5, 0.6) is 0 Å². The molecule has 1 unspecified atom stereocenters. The Labute approximate surface area is 88.8 Å². The van der Waals surface area contributed by atoms with Crippen LogP contribution in [0.25, 0.3) is 0 Å². The van der Waals surface area contributed by atoms with E-state index in [2.05, 4.69) is 18.9 Å². The lowest BCUT2D eigenvalue weighted by Gasteiger charge is -2.25. The molecular weight excluding hydrogens is 172 g/mol. The summed E-state index contributed by atoms with van der Waals surface area (Å²) in [7, 11) is 2.23. The van der Waals surface area contributed by atoms with Crippen LogP contribution in [0.1, 0.15) is 45.4 Å². The van der Waals surface area contributed by atoms with E-state index in [-0.39, 0.29) is 0 Å². The maximum absolute atomic E-state index is 5.56. The molecule has 1 rings (SSSR count). The van der Waals surface area contributed by atoms with Crippen LogP contribution in [-0.4, -0.2) is 31.1 Å². The van der Waals surface area contributed by atoms with Gasteiger partial charge in [0.15, 0.2) is 0 Å². The topological polar surface area (TPSA) is 29.3 Å². The van der Waals surface area contributed by atoms with Gasteiger partial charge in [-0.2, -0.15) is 0 Å². The summed E-state index contributed by atoms with van der Waals surface area (Å²) in [6.45, 7) is 4.35. The second kappa shape index (κ2) is 6.41. The number of hydrogen-bond donors (Lipinski definition) is 1. The fraction of sp³-hybridized carbons (Fsp3) is 1.00. The summed E-state index contributed by atoms with van der Waals surface area (Å²) in [4.78, 5) is 2.46. The van der Waals surface area contributed by atoms with E-state index in [1.54, 1.807) is 0 Å². The lowest BCUT2D eigenvalue weighted by atomic mass is 10.0. The van der Waals surface area contributed by atoms with Crippen molar-refractivity contribution in [2.24, 2.45) is 11.7 Å². The van der Waals surface area contributed by atoms with Crippen LogP contribution in [0.3, 0.4) is 0 Å². The van der Waals surface area contributed by atoms with E-state index in [1.165, 1.54) is 38.6 Å². The molecule has 2 heteroatoms. The van der Waals surface area contributed by atoms with Crippen molar-refractivity contribution < 1.29 is 0 Å². The second-order valence-electron chi connectivity index (χ2n) is 4.85. The molecule has 0 saturated heterocycles. The summed E-state index contributed by atoms with van der Waals surface area (Å²) in [6.07, 6.45) is 8.39. The highest BCUT2D eigenvalue weighted by Crippen LogP contribution is 2.27.